The van der Waals surface area contributed by atoms with Crippen LogP contribution in [0.3, 0.4) is 0 Å². The Morgan fingerprint density at radius 3 is 2.50 bits per heavy atom. The fourth-order valence-electron chi connectivity index (χ4n) is 2.53. The van der Waals surface area contributed by atoms with Crippen molar-refractivity contribution in [2.24, 2.45) is 0 Å². The zero-order valence-corrected chi connectivity index (χ0v) is 12.6. The molecule has 2 atom stereocenters. The van der Waals surface area contributed by atoms with Gasteiger partial charge >= 0.3 is 12.0 Å². The summed E-state index contributed by atoms with van der Waals surface area (Å²) in [6, 6.07) is -1.17. The topological polar surface area (TPSA) is 81.1 Å². The van der Waals surface area contributed by atoms with E-state index >= 15 is 0 Å². The van der Waals surface area contributed by atoms with Crippen LogP contribution in [0.1, 0.15) is 46.5 Å². The maximum absolute atomic E-state index is 12.5. The Morgan fingerprint density at radius 2 is 2.00 bits per heavy atom. The molecule has 1 saturated heterocycles. The number of unbranched alkanes of at least 4 members (excludes halogenated alkanes) is 2. The molecule has 0 unspecified atom stereocenters. The maximum Gasteiger partial charge on any atom is 0.326 e. The zero-order chi connectivity index (χ0) is 15.3. The highest BCUT2D eigenvalue weighted by Crippen LogP contribution is 2.21. The molecule has 0 saturated carbocycles. The molecule has 0 radical (unpaired) electrons. The van der Waals surface area contributed by atoms with Gasteiger partial charge in [0.1, 0.15) is 6.04 Å². The summed E-state index contributed by atoms with van der Waals surface area (Å²) in [4.78, 5) is 26.7. The van der Waals surface area contributed by atoms with Gasteiger partial charge in [0.15, 0.2) is 0 Å². The third-order valence-electron chi connectivity index (χ3n) is 3.68. The van der Waals surface area contributed by atoms with Crippen LogP contribution in [0.25, 0.3) is 0 Å². The van der Waals surface area contributed by atoms with Crippen LogP contribution in [0.2, 0.25) is 0 Å². The van der Waals surface area contributed by atoms with Crippen LogP contribution in [0.15, 0.2) is 0 Å². The number of carbonyl (C=O) groups excluding carboxylic acids is 1. The molecule has 1 aliphatic rings. The number of carbonyl (C=O) groups is 2. The molecule has 2 N–H and O–H groups in total. The number of likely N-dealkylation sites (tertiary alicyclic amines) is 1. The lowest BCUT2D eigenvalue weighted by Crippen LogP contribution is -2.50. The van der Waals surface area contributed by atoms with E-state index in [-0.39, 0.29) is 25.0 Å². The van der Waals surface area contributed by atoms with E-state index in [1.807, 2.05) is 13.8 Å². The average molecular weight is 286 g/mol. The summed E-state index contributed by atoms with van der Waals surface area (Å²) in [5, 5.41) is 18.8. The number of carboxylic acids is 1. The lowest BCUT2D eigenvalue weighted by atomic mass is 10.2. The summed E-state index contributed by atoms with van der Waals surface area (Å²) in [7, 11) is 0. The van der Waals surface area contributed by atoms with Crippen molar-refractivity contribution in [3.63, 3.8) is 0 Å². The lowest BCUT2D eigenvalue weighted by molar-refractivity contribution is -0.141. The first-order chi connectivity index (χ1) is 9.38. The van der Waals surface area contributed by atoms with Gasteiger partial charge in [-0.15, -0.1) is 0 Å². The molecular weight excluding hydrogens is 260 g/mol. The fraction of sp³-hybridized carbons (Fsp3) is 0.857. The Hall–Kier alpha value is -1.30. The number of aliphatic hydroxyl groups is 1. The number of hydrogen-bond acceptors (Lipinski definition) is 3. The van der Waals surface area contributed by atoms with Crippen LogP contribution in [0, 0.1) is 0 Å². The van der Waals surface area contributed by atoms with Gasteiger partial charge in [-0.25, -0.2) is 9.59 Å². The number of hydrogen-bond donors (Lipinski definition) is 2. The van der Waals surface area contributed by atoms with E-state index in [1.54, 1.807) is 4.90 Å². The van der Waals surface area contributed by atoms with E-state index in [2.05, 4.69) is 6.92 Å². The van der Waals surface area contributed by atoms with E-state index in [0.717, 1.165) is 19.3 Å². The number of amides is 2. The number of aliphatic carboxylic acids is 1. The van der Waals surface area contributed by atoms with E-state index < -0.39 is 18.1 Å². The summed E-state index contributed by atoms with van der Waals surface area (Å²) >= 11 is 0. The predicted molar refractivity (Wildman–Crippen MR) is 75.5 cm³/mol. The molecule has 6 heteroatoms. The molecule has 2 amide bonds. The second-order valence-corrected chi connectivity index (χ2v) is 5.67. The van der Waals surface area contributed by atoms with Crippen molar-refractivity contribution in [2.45, 2.75) is 64.6 Å². The highest BCUT2D eigenvalue weighted by atomic mass is 16.4. The van der Waals surface area contributed by atoms with Crippen LogP contribution in [-0.4, -0.2) is 63.3 Å². The molecule has 0 spiro atoms. The van der Waals surface area contributed by atoms with Crippen molar-refractivity contribution in [3.8, 4) is 0 Å². The summed E-state index contributed by atoms with van der Waals surface area (Å²) in [5.41, 5.74) is 0. The van der Waals surface area contributed by atoms with Crippen molar-refractivity contribution < 1.29 is 19.8 Å². The Balaban J connectivity index is 2.74. The third-order valence-corrected chi connectivity index (χ3v) is 3.68. The predicted octanol–water partition coefficient (Wildman–Crippen LogP) is 1.53. The number of β-amino-alcohol motifs (C(OH)–C–C–N with tert-alkyl or cyclic N) is 1. The molecule has 0 aliphatic carbocycles. The van der Waals surface area contributed by atoms with Gasteiger partial charge in [-0.1, -0.05) is 19.8 Å². The smallest absolute Gasteiger partial charge is 0.326 e. The number of nitrogens with zero attached hydrogens (tertiary/aromatic N) is 2. The maximum atomic E-state index is 12.5. The number of rotatable bonds is 6. The molecule has 1 rings (SSSR count). The van der Waals surface area contributed by atoms with E-state index in [1.165, 1.54) is 4.90 Å². The molecule has 1 fully saturated rings. The van der Waals surface area contributed by atoms with Crippen LogP contribution >= 0.6 is 0 Å². The van der Waals surface area contributed by atoms with Crippen LogP contribution in [0.5, 0.6) is 0 Å². The minimum absolute atomic E-state index is 0.0199. The van der Waals surface area contributed by atoms with Crippen molar-refractivity contribution in [1.29, 1.82) is 0 Å². The number of urea groups is 1. The van der Waals surface area contributed by atoms with Gasteiger partial charge in [-0.3, -0.25) is 0 Å². The molecule has 116 valence electrons. The molecule has 0 bridgehead atoms. The second kappa shape index (κ2) is 7.47. The van der Waals surface area contributed by atoms with Gasteiger partial charge in [0.25, 0.3) is 0 Å². The third kappa shape index (κ3) is 4.10. The van der Waals surface area contributed by atoms with Crippen molar-refractivity contribution in [2.75, 3.05) is 13.1 Å². The van der Waals surface area contributed by atoms with Crippen molar-refractivity contribution in [3.05, 3.63) is 0 Å². The van der Waals surface area contributed by atoms with Gasteiger partial charge in [0.2, 0.25) is 0 Å². The van der Waals surface area contributed by atoms with Gasteiger partial charge < -0.3 is 20.0 Å². The molecule has 6 nitrogen and oxygen atoms in total. The highest BCUT2D eigenvalue weighted by molar-refractivity contribution is 5.83. The quantitative estimate of drug-likeness (QED) is 0.726. The highest BCUT2D eigenvalue weighted by Gasteiger charge is 2.40. The van der Waals surface area contributed by atoms with Gasteiger partial charge in [0, 0.05) is 25.6 Å². The zero-order valence-electron chi connectivity index (χ0n) is 12.6. The number of carboxylic acid groups (broad SMARTS) is 1. The van der Waals surface area contributed by atoms with Crippen molar-refractivity contribution in [1.82, 2.24) is 9.80 Å². The first kappa shape index (κ1) is 16.8. The fourth-order valence-corrected chi connectivity index (χ4v) is 2.53. The minimum Gasteiger partial charge on any atom is -0.480 e. The lowest BCUT2D eigenvalue weighted by Gasteiger charge is -2.33. The first-order valence-electron chi connectivity index (χ1n) is 7.36. The second-order valence-electron chi connectivity index (χ2n) is 5.67. The van der Waals surface area contributed by atoms with Gasteiger partial charge in [-0.2, -0.15) is 0 Å². The summed E-state index contributed by atoms with van der Waals surface area (Å²) in [5.74, 6) is -1.05. The largest absolute Gasteiger partial charge is 0.480 e. The van der Waals surface area contributed by atoms with Crippen LogP contribution in [0.4, 0.5) is 4.79 Å². The molecule has 0 aromatic carbocycles. The van der Waals surface area contributed by atoms with Crippen LogP contribution < -0.4 is 0 Å². The average Bonchev–Trinajstić information content (AvgIpc) is 2.76. The SMILES string of the molecule is CCCCCN(C(=O)N1C[C@H](O)C[C@@H]1C(=O)O)C(C)C. The first-order valence-corrected chi connectivity index (χ1v) is 7.36. The molecule has 0 aromatic heterocycles. The van der Waals surface area contributed by atoms with E-state index in [0.29, 0.717) is 6.54 Å². The summed E-state index contributed by atoms with van der Waals surface area (Å²) in [6.07, 6.45) is 2.39. The number of aliphatic hydroxyl groups excluding tert-OH is 1. The molecule has 0 aromatic rings. The van der Waals surface area contributed by atoms with Crippen LogP contribution in [-0.2, 0) is 4.79 Å². The molecular formula is C14H26N2O4. The summed E-state index contributed by atoms with van der Waals surface area (Å²) in [6.45, 7) is 6.67. The molecule has 20 heavy (non-hydrogen) atoms. The van der Waals surface area contributed by atoms with Crippen molar-refractivity contribution >= 4 is 12.0 Å². The van der Waals surface area contributed by atoms with Gasteiger partial charge in [0.05, 0.1) is 6.10 Å². The Labute approximate surface area is 120 Å². The summed E-state index contributed by atoms with van der Waals surface area (Å²) < 4.78 is 0. The van der Waals surface area contributed by atoms with Gasteiger partial charge in [-0.05, 0) is 20.3 Å². The minimum atomic E-state index is -1.05. The molecule has 1 aliphatic heterocycles. The van der Waals surface area contributed by atoms with E-state index in [9.17, 15) is 14.7 Å². The molecule has 1 heterocycles. The Morgan fingerprint density at radius 1 is 1.35 bits per heavy atom. The Kier molecular flexibility index (Phi) is 6.26. The standard InChI is InChI=1S/C14H26N2O4/c1-4-5-6-7-15(10(2)3)14(20)16-9-11(17)8-12(16)13(18)19/h10-12,17H,4-9H2,1-3H3,(H,18,19)/t11-,12-/m1/s1. The normalized spacial score (nSPS) is 22.4. The monoisotopic (exact) mass is 286 g/mol. The Bertz CT molecular complexity index is 346. The van der Waals surface area contributed by atoms with E-state index in [4.69, 9.17) is 5.11 Å².